The van der Waals surface area contributed by atoms with E-state index in [1.165, 1.54) is 7.05 Å². The van der Waals surface area contributed by atoms with Gasteiger partial charge < -0.3 is 5.73 Å². The fraction of sp³-hybridized carbons (Fsp3) is 0.714. The summed E-state index contributed by atoms with van der Waals surface area (Å²) in [5, 5.41) is 0. The minimum Gasteiger partial charge on any atom is -0.328 e. The largest absolute Gasteiger partial charge is 0.330 e. The molecule has 0 bridgehead atoms. The van der Waals surface area contributed by atoms with E-state index in [2.05, 4.69) is 11.8 Å². The molecule has 1 aromatic heterocycles. The molecule has 2 heterocycles. The van der Waals surface area contributed by atoms with Crippen LogP contribution in [0.4, 0.5) is 0 Å². The van der Waals surface area contributed by atoms with Gasteiger partial charge in [0.25, 0.3) is 5.56 Å². The molecule has 0 radical (unpaired) electrons. The SMILES string of the molecule is CC(N)C1CCN(Cc2cc(=O)n(C)c(=O)n2C)CC1.Cl. The second-order valence-corrected chi connectivity index (χ2v) is 5.85. The molecule has 1 atom stereocenters. The first kappa shape index (κ1) is 17.9. The molecule has 120 valence electrons. The maximum Gasteiger partial charge on any atom is 0.330 e. The Morgan fingerprint density at radius 1 is 1.24 bits per heavy atom. The molecule has 6 nitrogen and oxygen atoms in total. The van der Waals surface area contributed by atoms with Crippen LogP contribution in [0.3, 0.4) is 0 Å². The van der Waals surface area contributed by atoms with Crippen LogP contribution in [0.1, 0.15) is 25.5 Å². The van der Waals surface area contributed by atoms with E-state index in [-0.39, 0.29) is 29.7 Å². The predicted octanol–water partition coefficient (Wildman–Crippen LogP) is 0.0650. The highest BCUT2D eigenvalue weighted by Gasteiger charge is 2.22. The van der Waals surface area contributed by atoms with Crippen molar-refractivity contribution in [1.82, 2.24) is 14.0 Å². The summed E-state index contributed by atoms with van der Waals surface area (Å²) in [6.45, 7) is 4.64. The molecule has 1 aliphatic heterocycles. The molecule has 0 amide bonds. The molecule has 0 aromatic carbocycles. The lowest BCUT2D eigenvalue weighted by Crippen LogP contribution is -2.42. The number of likely N-dealkylation sites (tertiary alicyclic amines) is 1. The summed E-state index contributed by atoms with van der Waals surface area (Å²) in [6, 6.07) is 1.80. The number of nitrogens with two attached hydrogens (primary N) is 1. The Balaban J connectivity index is 0.00000220. The molecule has 7 heteroatoms. The highest BCUT2D eigenvalue weighted by Crippen LogP contribution is 2.20. The predicted molar refractivity (Wildman–Crippen MR) is 85.8 cm³/mol. The fourth-order valence-electron chi connectivity index (χ4n) is 2.80. The van der Waals surface area contributed by atoms with Crippen molar-refractivity contribution in [3.63, 3.8) is 0 Å². The van der Waals surface area contributed by atoms with Crippen LogP contribution in [-0.2, 0) is 20.6 Å². The first-order valence-corrected chi connectivity index (χ1v) is 7.14. The molecule has 1 aliphatic rings. The number of piperidine rings is 1. The van der Waals surface area contributed by atoms with E-state index in [9.17, 15) is 9.59 Å². The summed E-state index contributed by atoms with van der Waals surface area (Å²) in [5.74, 6) is 0.582. The van der Waals surface area contributed by atoms with E-state index in [1.807, 2.05) is 0 Å². The highest BCUT2D eigenvalue weighted by molar-refractivity contribution is 5.85. The zero-order valence-corrected chi connectivity index (χ0v) is 13.7. The molecule has 1 aromatic rings. The maximum absolute atomic E-state index is 11.9. The van der Waals surface area contributed by atoms with Gasteiger partial charge in [-0.1, -0.05) is 0 Å². The van der Waals surface area contributed by atoms with Gasteiger partial charge in [0.05, 0.1) is 0 Å². The summed E-state index contributed by atoms with van der Waals surface area (Å²) in [6.07, 6.45) is 2.16. The fourth-order valence-corrected chi connectivity index (χ4v) is 2.80. The van der Waals surface area contributed by atoms with Crippen LogP contribution in [0.15, 0.2) is 15.7 Å². The van der Waals surface area contributed by atoms with Crippen molar-refractivity contribution in [2.75, 3.05) is 13.1 Å². The normalized spacial score (nSPS) is 18.3. The van der Waals surface area contributed by atoms with E-state index >= 15 is 0 Å². The standard InChI is InChI=1S/C14H24N4O2.ClH/c1-10(15)11-4-6-18(7-5-11)9-12-8-13(19)17(3)14(20)16(12)2;/h8,10-11H,4-7,9,15H2,1-3H3;1H. The molecule has 0 aliphatic carbocycles. The summed E-state index contributed by atoms with van der Waals surface area (Å²) >= 11 is 0. The molecule has 1 unspecified atom stereocenters. The van der Waals surface area contributed by atoms with Crippen LogP contribution < -0.4 is 17.0 Å². The Bertz CT molecular complexity index is 586. The van der Waals surface area contributed by atoms with Crippen molar-refractivity contribution in [2.24, 2.45) is 25.7 Å². The lowest BCUT2D eigenvalue weighted by Gasteiger charge is -2.33. The third-order valence-corrected chi connectivity index (χ3v) is 4.39. The Labute approximate surface area is 131 Å². The van der Waals surface area contributed by atoms with E-state index in [4.69, 9.17) is 5.73 Å². The van der Waals surface area contributed by atoms with Gasteiger partial charge in [0.2, 0.25) is 0 Å². The molecule has 21 heavy (non-hydrogen) atoms. The quantitative estimate of drug-likeness (QED) is 0.856. The topological polar surface area (TPSA) is 73.3 Å². The summed E-state index contributed by atoms with van der Waals surface area (Å²) < 4.78 is 2.69. The number of halogens is 1. The van der Waals surface area contributed by atoms with Gasteiger partial charge in [-0.3, -0.25) is 18.8 Å². The van der Waals surface area contributed by atoms with Gasteiger partial charge in [-0.05, 0) is 38.8 Å². The average Bonchev–Trinajstić information content (AvgIpc) is 2.43. The number of aromatic nitrogens is 2. The molecule has 0 saturated carbocycles. The van der Waals surface area contributed by atoms with Crippen molar-refractivity contribution in [3.8, 4) is 0 Å². The number of hydrogen-bond donors (Lipinski definition) is 1. The van der Waals surface area contributed by atoms with Gasteiger partial charge in [0.15, 0.2) is 0 Å². The first-order valence-electron chi connectivity index (χ1n) is 7.14. The number of nitrogens with zero attached hydrogens (tertiary/aromatic N) is 3. The third-order valence-electron chi connectivity index (χ3n) is 4.39. The van der Waals surface area contributed by atoms with Gasteiger partial charge in [0.1, 0.15) is 0 Å². The highest BCUT2D eigenvalue weighted by atomic mass is 35.5. The minimum atomic E-state index is -0.266. The van der Waals surface area contributed by atoms with Gasteiger partial charge in [-0.2, -0.15) is 0 Å². The molecular formula is C14H25ClN4O2. The van der Waals surface area contributed by atoms with Crippen molar-refractivity contribution in [3.05, 3.63) is 32.6 Å². The maximum atomic E-state index is 11.9. The zero-order valence-electron chi connectivity index (χ0n) is 12.9. The summed E-state index contributed by atoms with van der Waals surface area (Å²) in [7, 11) is 3.22. The second-order valence-electron chi connectivity index (χ2n) is 5.85. The van der Waals surface area contributed by atoms with E-state index in [1.54, 1.807) is 17.7 Å². The average molecular weight is 317 g/mol. The minimum absolute atomic E-state index is 0. The van der Waals surface area contributed by atoms with Crippen molar-refractivity contribution >= 4 is 12.4 Å². The van der Waals surface area contributed by atoms with Crippen LogP contribution in [0.5, 0.6) is 0 Å². The third kappa shape index (κ3) is 3.96. The van der Waals surface area contributed by atoms with Gasteiger partial charge in [-0.25, -0.2) is 4.79 Å². The lowest BCUT2D eigenvalue weighted by molar-refractivity contribution is 0.162. The molecule has 1 saturated heterocycles. The van der Waals surface area contributed by atoms with E-state index in [0.29, 0.717) is 12.5 Å². The van der Waals surface area contributed by atoms with Gasteiger partial charge in [0, 0.05) is 38.4 Å². The monoisotopic (exact) mass is 316 g/mol. The van der Waals surface area contributed by atoms with E-state index < -0.39 is 0 Å². The van der Waals surface area contributed by atoms with Gasteiger partial charge in [-0.15, -0.1) is 12.4 Å². The number of hydrogen-bond acceptors (Lipinski definition) is 4. The first-order chi connectivity index (χ1) is 9.40. The van der Waals surface area contributed by atoms with Crippen LogP contribution >= 0.6 is 12.4 Å². The molecule has 1 fully saturated rings. The summed E-state index contributed by atoms with van der Waals surface area (Å²) in [5.41, 5.74) is 6.21. The molecular weight excluding hydrogens is 292 g/mol. The smallest absolute Gasteiger partial charge is 0.328 e. The van der Waals surface area contributed by atoms with Gasteiger partial charge >= 0.3 is 5.69 Å². The molecule has 2 N–H and O–H groups in total. The zero-order chi connectivity index (χ0) is 14.9. The second kappa shape index (κ2) is 7.24. The lowest BCUT2D eigenvalue weighted by atomic mass is 9.91. The van der Waals surface area contributed by atoms with E-state index in [0.717, 1.165) is 36.2 Å². The Hall–Kier alpha value is -1.11. The van der Waals surface area contributed by atoms with Crippen molar-refractivity contribution in [2.45, 2.75) is 32.4 Å². The number of rotatable bonds is 3. The van der Waals surface area contributed by atoms with Crippen LogP contribution in [0.2, 0.25) is 0 Å². The van der Waals surface area contributed by atoms with Crippen LogP contribution in [0, 0.1) is 5.92 Å². The molecule has 2 rings (SSSR count). The van der Waals surface area contributed by atoms with Crippen LogP contribution in [-0.4, -0.2) is 33.2 Å². The van der Waals surface area contributed by atoms with Crippen LogP contribution in [0.25, 0.3) is 0 Å². The Kier molecular flexibility index (Phi) is 6.19. The van der Waals surface area contributed by atoms with Crippen molar-refractivity contribution in [1.29, 1.82) is 0 Å². The Morgan fingerprint density at radius 2 is 1.81 bits per heavy atom. The molecule has 0 spiro atoms. The van der Waals surface area contributed by atoms with Crippen molar-refractivity contribution < 1.29 is 0 Å². The summed E-state index contributed by atoms with van der Waals surface area (Å²) in [4.78, 5) is 25.9. The Morgan fingerprint density at radius 3 is 2.33 bits per heavy atom.